The van der Waals surface area contributed by atoms with E-state index in [1.807, 2.05) is 10.8 Å². The maximum atomic E-state index is 13.0. The largest absolute Gasteiger partial charge is 0.350 e. The minimum Gasteiger partial charge on any atom is -0.350 e. The van der Waals surface area contributed by atoms with Crippen molar-refractivity contribution in [1.82, 2.24) is 5.32 Å². The second kappa shape index (κ2) is 7.34. The summed E-state index contributed by atoms with van der Waals surface area (Å²) in [5.74, 6) is -0.749. The molecule has 8 heteroatoms. The van der Waals surface area contributed by atoms with Crippen LogP contribution in [0.2, 0.25) is 0 Å². The van der Waals surface area contributed by atoms with Gasteiger partial charge in [-0.2, -0.15) is 22.7 Å². The number of benzene rings is 1. The number of amides is 3. The van der Waals surface area contributed by atoms with Gasteiger partial charge in [0.1, 0.15) is 0 Å². The Hall–Kier alpha value is -2.97. The minimum absolute atomic E-state index is 0.203. The molecular formula is C19H15N3O3S2. The van der Waals surface area contributed by atoms with Crippen molar-refractivity contribution in [2.75, 3.05) is 23.3 Å². The van der Waals surface area contributed by atoms with E-state index >= 15 is 0 Å². The average Bonchev–Trinajstić information content (AvgIpc) is 3.36. The summed E-state index contributed by atoms with van der Waals surface area (Å²) >= 11 is 2.86. The predicted octanol–water partition coefficient (Wildman–Crippen LogP) is 3.45. The number of carbonyl (C=O) groups excluding carboxylic acids is 3. The maximum Gasteiger partial charge on any atom is 0.259 e. The first-order valence-electron chi connectivity index (χ1n) is 8.24. The highest BCUT2D eigenvalue weighted by molar-refractivity contribution is 7.08. The van der Waals surface area contributed by atoms with E-state index in [4.69, 9.17) is 0 Å². The van der Waals surface area contributed by atoms with E-state index in [-0.39, 0.29) is 17.7 Å². The van der Waals surface area contributed by atoms with Gasteiger partial charge in [-0.15, -0.1) is 0 Å². The second-order valence-corrected chi connectivity index (χ2v) is 7.45. The van der Waals surface area contributed by atoms with Crippen LogP contribution in [0.4, 0.5) is 11.4 Å². The molecule has 0 fully saturated rings. The van der Waals surface area contributed by atoms with E-state index in [9.17, 15) is 14.4 Å². The van der Waals surface area contributed by atoms with Crippen LogP contribution in [-0.2, 0) is 0 Å². The van der Waals surface area contributed by atoms with Crippen molar-refractivity contribution in [2.24, 2.45) is 0 Å². The fourth-order valence-electron chi connectivity index (χ4n) is 2.94. The molecule has 0 saturated carbocycles. The average molecular weight is 397 g/mol. The monoisotopic (exact) mass is 397 g/mol. The molecule has 3 aromatic rings. The van der Waals surface area contributed by atoms with Crippen molar-refractivity contribution >= 4 is 51.8 Å². The Morgan fingerprint density at radius 3 is 2.48 bits per heavy atom. The van der Waals surface area contributed by atoms with Crippen LogP contribution in [0.5, 0.6) is 0 Å². The molecule has 27 heavy (non-hydrogen) atoms. The number of hydrogen-bond acceptors (Lipinski definition) is 5. The van der Waals surface area contributed by atoms with Crippen LogP contribution in [0.1, 0.15) is 31.1 Å². The van der Waals surface area contributed by atoms with Crippen molar-refractivity contribution < 1.29 is 14.4 Å². The fraction of sp³-hybridized carbons (Fsp3) is 0.105. The Balaban J connectivity index is 1.78. The number of thiophene rings is 2. The number of carbonyl (C=O) groups is 3. The van der Waals surface area contributed by atoms with Crippen LogP contribution in [0.25, 0.3) is 0 Å². The molecule has 0 aliphatic carbocycles. The molecular weight excluding hydrogens is 382 g/mol. The van der Waals surface area contributed by atoms with Crippen molar-refractivity contribution in [2.45, 2.75) is 0 Å². The highest BCUT2D eigenvalue weighted by Gasteiger charge is 2.29. The lowest BCUT2D eigenvalue weighted by Gasteiger charge is -2.24. The molecule has 0 radical (unpaired) electrons. The van der Waals surface area contributed by atoms with Gasteiger partial charge in [0.05, 0.1) is 28.1 Å². The lowest BCUT2D eigenvalue weighted by atomic mass is 10.1. The molecule has 0 atom stereocenters. The van der Waals surface area contributed by atoms with Crippen molar-refractivity contribution in [1.29, 1.82) is 0 Å². The number of rotatable bonds is 3. The number of hydrogen-bond donors (Lipinski definition) is 2. The van der Waals surface area contributed by atoms with Crippen molar-refractivity contribution in [3.05, 3.63) is 68.5 Å². The van der Waals surface area contributed by atoms with Crippen LogP contribution in [0, 0.1) is 0 Å². The third kappa shape index (κ3) is 3.36. The SMILES string of the molecule is O=C(Nc1cccc2c1N(C(=O)c1ccsc1)CCNC2=O)c1ccsc1. The van der Waals surface area contributed by atoms with Crippen LogP contribution in [-0.4, -0.2) is 30.8 Å². The first-order chi connectivity index (χ1) is 13.1. The van der Waals surface area contributed by atoms with Gasteiger partial charge >= 0.3 is 0 Å². The summed E-state index contributed by atoms with van der Waals surface area (Å²) in [7, 11) is 0. The van der Waals surface area contributed by atoms with E-state index in [0.29, 0.717) is 41.2 Å². The molecule has 3 heterocycles. The number of para-hydroxylation sites is 1. The summed E-state index contributed by atoms with van der Waals surface area (Å²) in [6.07, 6.45) is 0. The fourth-order valence-corrected chi connectivity index (χ4v) is 4.21. The van der Waals surface area contributed by atoms with Crippen LogP contribution in [0.15, 0.2) is 51.9 Å². The first-order valence-corrected chi connectivity index (χ1v) is 10.1. The zero-order valence-corrected chi connectivity index (χ0v) is 15.7. The number of nitrogens with one attached hydrogen (secondary N) is 2. The highest BCUT2D eigenvalue weighted by atomic mass is 32.1. The van der Waals surface area contributed by atoms with Gasteiger partial charge < -0.3 is 15.5 Å². The summed E-state index contributed by atoms with van der Waals surface area (Å²) < 4.78 is 0. The van der Waals surface area contributed by atoms with Gasteiger partial charge in [-0.1, -0.05) is 6.07 Å². The summed E-state index contributed by atoms with van der Waals surface area (Å²) in [4.78, 5) is 39.6. The molecule has 6 nitrogen and oxygen atoms in total. The molecule has 2 N–H and O–H groups in total. The molecule has 3 amide bonds. The smallest absolute Gasteiger partial charge is 0.259 e. The molecule has 1 aliphatic heterocycles. The van der Waals surface area contributed by atoms with Crippen molar-refractivity contribution in [3.8, 4) is 0 Å². The highest BCUT2D eigenvalue weighted by Crippen LogP contribution is 2.33. The van der Waals surface area contributed by atoms with Gasteiger partial charge in [-0.05, 0) is 35.0 Å². The van der Waals surface area contributed by atoms with E-state index in [1.54, 1.807) is 46.0 Å². The molecule has 1 aromatic carbocycles. The quantitative estimate of drug-likeness (QED) is 0.711. The Morgan fingerprint density at radius 1 is 1.04 bits per heavy atom. The Bertz CT molecular complexity index is 997. The third-order valence-corrected chi connectivity index (χ3v) is 5.58. The van der Waals surface area contributed by atoms with Crippen LogP contribution in [0.3, 0.4) is 0 Å². The van der Waals surface area contributed by atoms with Gasteiger partial charge in [-0.3, -0.25) is 14.4 Å². The van der Waals surface area contributed by atoms with E-state index in [0.717, 1.165) is 0 Å². The molecule has 0 bridgehead atoms. The summed E-state index contributed by atoms with van der Waals surface area (Å²) in [5.41, 5.74) is 2.31. The Morgan fingerprint density at radius 2 is 1.78 bits per heavy atom. The van der Waals surface area contributed by atoms with Crippen LogP contribution < -0.4 is 15.5 Å². The van der Waals surface area contributed by atoms with Gasteiger partial charge in [0.2, 0.25) is 0 Å². The molecule has 136 valence electrons. The maximum absolute atomic E-state index is 13.0. The first kappa shape index (κ1) is 17.4. The molecule has 0 unspecified atom stereocenters. The van der Waals surface area contributed by atoms with Crippen LogP contribution >= 0.6 is 22.7 Å². The van der Waals surface area contributed by atoms with E-state index in [2.05, 4.69) is 10.6 Å². The molecule has 0 spiro atoms. The van der Waals surface area contributed by atoms with E-state index in [1.165, 1.54) is 22.7 Å². The molecule has 0 saturated heterocycles. The lowest BCUT2D eigenvalue weighted by Crippen LogP contribution is -2.35. The van der Waals surface area contributed by atoms with Gasteiger partial charge in [0.15, 0.2) is 0 Å². The third-order valence-electron chi connectivity index (χ3n) is 4.22. The summed E-state index contributed by atoms with van der Waals surface area (Å²) in [6.45, 7) is 0.653. The number of anilines is 2. The van der Waals surface area contributed by atoms with Gasteiger partial charge in [-0.25, -0.2) is 0 Å². The van der Waals surface area contributed by atoms with Crippen molar-refractivity contribution in [3.63, 3.8) is 0 Å². The molecule has 1 aliphatic rings. The Kier molecular flexibility index (Phi) is 4.74. The van der Waals surface area contributed by atoms with Gasteiger partial charge in [0, 0.05) is 23.8 Å². The lowest BCUT2D eigenvalue weighted by molar-refractivity contribution is 0.0953. The zero-order valence-electron chi connectivity index (χ0n) is 14.1. The summed E-state index contributed by atoms with van der Waals surface area (Å²) in [6, 6.07) is 8.53. The second-order valence-electron chi connectivity index (χ2n) is 5.89. The minimum atomic E-state index is -0.280. The van der Waals surface area contributed by atoms with E-state index < -0.39 is 0 Å². The normalized spacial score (nSPS) is 13.5. The topological polar surface area (TPSA) is 78.5 Å². The van der Waals surface area contributed by atoms with Gasteiger partial charge in [0.25, 0.3) is 17.7 Å². The predicted molar refractivity (Wildman–Crippen MR) is 107 cm³/mol. The molecule has 2 aromatic heterocycles. The zero-order chi connectivity index (χ0) is 18.8. The molecule has 4 rings (SSSR count). The standard InChI is InChI=1S/C19H15N3O3S2/c23-17(12-4-8-26-10-12)21-15-3-1-2-14-16(15)22(7-6-20-18(14)24)19(25)13-5-9-27-11-13/h1-5,8-11H,6-7H2,(H,20,24)(H,21,23). The summed E-state index contributed by atoms with van der Waals surface area (Å²) in [5, 5.41) is 12.8. The number of fused-ring (bicyclic) bond motifs is 1. The number of nitrogens with zero attached hydrogens (tertiary/aromatic N) is 1. The Labute approximate surface area is 163 Å².